The molecule has 0 saturated heterocycles. The summed E-state index contributed by atoms with van der Waals surface area (Å²) in [5.41, 5.74) is 12.3. The van der Waals surface area contributed by atoms with Gasteiger partial charge in [0.25, 0.3) is 0 Å². The minimum atomic E-state index is 0.596. The Balaban J connectivity index is 1.10. The lowest BCUT2D eigenvalue weighted by Crippen LogP contribution is -2.00. The number of hydrogen-bond donors (Lipinski definition) is 0. The number of furan rings is 1. The molecule has 0 aliphatic rings. The monoisotopic (exact) mass is 716 g/mol. The Bertz CT molecular complexity index is 3200. The van der Waals surface area contributed by atoms with Crippen molar-refractivity contribution in [1.29, 1.82) is 0 Å². The van der Waals surface area contributed by atoms with Gasteiger partial charge in [0.15, 0.2) is 17.5 Å². The van der Waals surface area contributed by atoms with Gasteiger partial charge in [0.1, 0.15) is 11.2 Å². The van der Waals surface area contributed by atoms with E-state index in [9.17, 15) is 0 Å². The molecule has 0 aliphatic carbocycles. The summed E-state index contributed by atoms with van der Waals surface area (Å²) >= 11 is 0. The Hall–Kier alpha value is -7.63. The SMILES string of the molecule is c1ccc(-c2cccc(-c3nc(-c4ccccc4)nc(-c4ccc5oc6cccc(-c7ccccc7-n7c8ccccc8c8ccccc87)c6c5c4)n3)c2)cc1. The van der Waals surface area contributed by atoms with Crippen LogP contribution in [0.5, 0.6) is 0 Å². The van der Waals surface area contributed by atoms with Crippen molar-refractivity contribution in [3.8, 4) is 62.1 Å². The zero-order valence-corrected chi connectivity index (χ0v) is 30.2. The van der Waals surface area contributed by atoms with E-state index in [0.717, 1.165) is 66.6 Å². The topological polar surface area (TPSA) is 56.7 Å². The maximum absolute atomic E-state index is 6.56. The highest BCUT2D eigenvalue weighted by molar-refractivity contribution is 6.15. The fraction of sp³-hybridized carbons (Fsp3) is 0. The maximum Gasteiger partial charge on any atom is 0.164 e. The average Bonchev–Trinajstić information content (AvgIpc) is 3.82. The molecule has 262 valence electrons. The molecule has 5 nitrogen and oxygen atoms in total. The summed E-state index contributed by atoms with van der Waals surface area (Å²) in [6.45, 7) is 0. The molecule has 0 aliphatic heterocycles. The second-order valence-corrected chi connectivity index (χ2v) is 14.0. The van der Waals surface area contributed by atoms with Gasteiger partial charge in [-0.25, -0.2) is 15.0 Å². The predicted molar refractivity (Wildman–Crippen MR) is 229 cm³/mol. The van der Waals surface area contributed by atoms with Gasteiger partial charge >= 0.3 is 0 Å². The van der Waals surface area contributed by atoms with Crippen molar-refractivity contribution in [2.24, 2.45) is 0 Å². The molecular weight excluding hydrogens is 685 g/mol. The van der Waals surface area contributed by atoms with Crippen LogP contribution in [0.1, 0.15) is 0 Å². The van der Waals surface area contributed by atoms with Crippen LogP contribution < -0.4 is 0 Å². The van der Waals surface area contributed by atoms with Gasteiger partial charge in [-0.3, -0.25) is 0 Å². The Morgan fingerprint density at radius 1 is 0.339 bits per heavy atom. The minimum Gasteiger partial charge on any atom is -0.456 e. The van der Waals surface area contributed by atoms with E-state index in [1.807, 2.05) is 48.5 Å². The van der Waals surface area contributed by atoms with Crippen LogP contribution in [0.3, 0.4) is 0 Å². The van der Waals surface area contributed by atoms with Crippen molar-refractivity contribution in [2.75, 3.05) is 0 Å². The molecule has 11 aromatic rings. The summed E-state index contributed by atoms with van der Waals surface area (Å²) in [7, 11) is 0. The van der Waals surface area contributed by atoms with Crippen LogP contribution in [0.2, 0.25) is 0 Å². The fourth-order valence-corrected chi connectivity index (χ4v) is 8.09. The first-order chi connectivity index (χ1) is 27.8. The molecule has 0 spiro atoms. The van der Waals surface area contributed by atoms with Gasteiger partial charge in [0.2, 0.25) is 0 Å². The van der Waals surface area contributed by atoms with Gasteiger partial charge in [-0.2, -0.15) is 0 Å². The second kappa shape index (κ2) is 13.0. The molecule has 8 aromatic carbocycles. The lowest BCUT2D eigenvalue weighted by atomic mass is 9.97. The van der Waals surface area contributed by atoms with Gasteiger partial charge in [-0.05, 0) is 65.2 Å². The van der Waals surface area contributed by atoms with Crippen molar-refractivity contribution in [1.82, 2.24) is 19.5 Å². The van der Waals surface area contributed by atoms with E-state index in [1.165, 1.54) is 21.8 Å². The molecule has 0 radical (unpaired) electrons. The molecule has 0 N–H and O–H groups in total. The molecule has 56 heavy (non-hydrogen) atoms. The highest BCUT2D eigenvalue weighted by Gasteiger charge is 2.20. The number of benzene rings is 8. The smallest absolute Gasteiger partial charge is 0.164 e. The van der Waals surface area contributed by atoms with Gasteiger partial charge in [0, 0.05) is 43.8 Å². The molecule has 3 aromatic heterocycles. The number of fused-ring (bicyclic) bond motifs is 6. The van der Waals surface area contributed by atoms with E-state index in [-0.39, 0.29) is 0 Å². The summed E-state index contributed by atoms with van der Waals surface area (Å²) in [6.07, 6.45) is 0. The molecule has 11 rings (SSSR count). The second-order valence-electron chi connectivity index (χ2n) is 14.0. The van der Waals surface area contributed by atoms with Crippen LogP contribution in [0.4, 0.5) is 0 Å². The van der Waals surface area contributed by atoms with Gasteiger partial charge < -0.3 is 8.98 Å². The third kappa shape index (κ3) is 5.29. The number of nitrogens with zero attached hydrogens (tertiary/aromatic N) is 4. The third-order valence-electron chi connectivity index (χ3n) is 10.7. The largest absolute Gasteiger partial charge is 0.456 e. The molecule has 0 saturated carbocycles. The van der Waals surface area contributed by atoms with Crippen LogP contribution >= 0.6 is 0 Å². The first-order valence-electron chi connectivity index (χ1n) is 18.8. The molecule has 0 unspecified atom stereocenters. The zero-order chi connectivity index (χ0) is 37.0. The number of aromatic nitrogens is 4. The van der Waals surface area contributed by atoms with E-state index in [0.29, 0.717) is 17.5 Å². The summed E-state index contributed by atoms with van der Waals surface area (Å²) in [5, 5.41) is 4.51. The van der Waals surface area contributed by atoms with E-state index in [1.54, 1.807) is 0 Å². The number of para-hydroxylation sites is 3. The van der Waals surface area contributed by atoms with Crippen molar-refractivity contribution in [3.63, 3.8) is 0 Å². The highest BCUT2D eigenvalue weighted by atomic mass is 16.3. The quantitative estimate of drug-likeness (QED) is 0.172. The average molecular weight is 717 g/mol. The van der Waals surface area contributed by atoms with Crippen molar-refractivity contribution >= 4 is 43.7 Å². The molecule has 0 fully saturated rings. The van der Waals surface area contributed by atoms with Crippen LogP contribution in [0, 0.1) is 0 Å². The molecule has 0 bridgehead atoms. The molecule has 5 heteroatoms. The lowest BCUT2D eigenvalue weighted by molar-refractivity contribution is 0.669. The number of rotatable bonds is 6. The predicted octanol–water partition coefficient (Wildman–Crippen LogP) is 13.2. The van der Waals surface area contributed by atoms with Crippen molar-refractivity contribution in [2.45, 2.75) is 0 Å². The summed E-state index contributed by atoms with van der Waals surface area (Å²) in [5.74, 6) is 1.83. The molecular formula is C51H32N4O. The van der Waals surface area contributed by atoms with Gasteiger partial charge in [-0.15, -0.1) is 0 Å². The van der Waals surface area contributed by atoms with Gasteiger partial charge in [0.05, 0.1) is 16.7 Å². The molecule has 0 atom stereocenters. The summed E-state index contributed by atoms with van der Waals surface area (Å²) in [6, 6.07) is 67.4. The zero-order valence-electron chi connectivity index (χ0n) is 30.2. The van der Waals surface area contributed by atoms with E-state index in [4.69, 9.17) is 19.4 Å². The van der Waals surface area contributed by atoms with E-state index < -0.39 is 0 Å². The molecule has 3 heterocycles. The first kappa shape index (κ1) is 31.9. The molecule has 0 amide bonds. The lowest BCUT2D eigenvalue weighted by Gasteiger charge is -2.15. The highest BCUT2D eigenvalue weighted by Crippen LogP contribution is 2.42. The fourth-order valence-electron chi connectivity index (χ4n) is 8.09. The van der Waals surface area contributed by atoms with Gasteiger partial charge in [-0.1, -0.05) is 146 Å². The third-order valence-corrected chi connectivity index (χ3v) is 10.7. The Kier molecular flexibility index (Phi) is 7.42. The van der Waals surface area contributed by atoms with Crippen molar-refractivity contribution < 1.29 is 4.42 Å². The Morgan fingerprint density at radius 3 is 1.61 bits per heavy atom. The number of hydrogen-bond acceptors (Lipinski definition) is 4. The summed E-state index contributed by atoms with van der Waals surface area (Å²) in [4.78, 5) is 15.2. The summed E-state index contributed by atoms with van der Waals surface area (Å²) < 4.78 is 8.94. The Labute approximate surface area is 322 Å². The first-order valence-corrected chi connectivity index (χ1v) is 18.8. The van der Waals surface area contributed by atoms with E-state index >= 15 is 0 Å². The van der Waals surface area contributed by atoms with Crippen LogP contribution in [0.25, 0.3) is 106 Å². The Morgan fingerprint density at radius 2 is 0.875 bits per heavy atom. The van der Waals surface area contributed by atoms with Crippen LogP contribution in [-0.4, -0.2) is 19.5 Å². The van der Waals surface area contributed by atoms with E-state index in [2.05, 4.69) is 150 Å². The van der Waals surface area contributed by atoms with Crippen LogP contribution in [-0.2, 0) is 0 Å². The maximum atomic E-state index is 6.56. The normalized spacial score (nSPS) is 11.6. The van der Waals surface area contributed by atoms with Crippen molar-refractivity contribution in [3.05, 3.63) is 194 Å². The van der Waals surface area contributed by atoms with Crippen LogP contribution in [0.15, 0.2) is 199 Å². The standard InChI is InChI=1S/C51H32N4O/c1-3-15-33(16-4-1)35-19-13-20-36(31-35)50-52-49(34-17-5-2-6-18-34)53-51(54-50)37-29-30-46-42(32-37)48-41(24-14-28-47(48)56-46)40-23-9-12-27-45(40)55-43-25-10-7-21-38(43)39-22-8-11-26-44(39)55/h1-32H. The minimum absolute atomic E-state index is 0.596.